The molecule has 0 amide bonds. The number of tetrazole rings is 1. The van der Waals surface area contributed by atoms with Crippen molar-refractivity contribution in [1.82, 2.24) is 20.2 Å². The van der Waals surface area contributed by atoms with Gasteiger partial charge in [-0.3, -0.25) is 0 Å². The number of carbonyl (C=O) groups is 1. The third kappa shape index (κ3) is 1.96. The van der Waals surface area contributed by atoms with Crippen molar-refractivity contribution in [3.63, 3.8) is 0 Å². The molecule has 7 nitrogen and oxygen atoms in total. The number of para-hydroxylation sites is 1. The molecule has 1 aliphatic heterocycles. The highest BCUT2D eigenvalue weighted by Crippen LogP contribution is 2.38. The van der Waals surface area contributed by atoms with Crippen molar-refractivity contribution in [3.8, 4) is 5.75 Å². The molecule has 2 unspecified atom stereocenters. The molecule has 0 aliphatic carbocycles. The molecular weight excluding hydrogens is 272 g/mol. The standard InChI is InChI=1S/C14H16N4O3/c1-3-14(2,13(19)20)18-12(15-16-17-18)10-8-21-11-7-5-4-6-9(10)11/h4-7,10H,3,8H2,1-2H3,(H,19,20). The minimum Gasteiger partial charge on any atom is -0.492 e. The van der Waals surface area contributed by atoms with E-state index in [9.17, 15) is 9.90 Å². The summed E-state index contributed by atoms with van der Waals surface area (Å²) in [6.45, 7) is 3.84. The summed E-state index contributed by atoms with van der Waals surface area (Å²) in [5.41, 5.74) is -0.187. The van der Waals surface area contributed by atoms with E-state index in [4.69, 9.17) is 4.74 Å². The molecule has 0 radical (unpaired) electrons. The number of ether oxygens (including phenoxy) is 1. The highest BCUT2D eigenvalue weighted by Gasteiger charge is 2.40. The van der Waals surface area contributed by atoms with Crippen LogP contribution in [-0.2, 0) is 10.3 Å². The molecule has 0 fully saturated rings. The van der Waals surface area contributed by atoms with Crippen molar-refractivity contribution in [1.29, 1.82) is 0 Å². The van der Waals surface area contributed by atoms with Crippen LogP contribution >= 0.6 is 0 Å². The van der Waals surface area contributed by atoms with Crippen LogP contribution in [0.1, 0.15) is 37.6 Å². The van der Waals surface area contributed by atoms with Gasteiger partial charge in [-0.2, -0.15) is 0 Å². The molecule has 21 heavy (non-hydrogen) atoms. The molecule has 1 aromatic carbocycles. The second-order valence-corrected chi connectivity index (χ2v) is 5.28. The maximum Gasteiger partial charge on any atom is 0.331 e. The Morgan fingerprint density at radius 3 is 3.00 bits per heavy atom. The van der Waals surface area contributed by atoms with Gasteiger partial charge in [0.05, 0.1) is 5.92 Å². The normalized spacial score (nSPS) is 19.6. The maximum atomic E-state index is 11.6. The first-order chi connectivity index (χ1) is 10.1. The first-order valence-electron chi connectivity index (χ1n) is 6.81. The lowest BCUT2D eigenvalue weighted by Crippen LogP contribution is -2.41. The summed E-state index contributed by atoms with van der Waals surface area (Å²) in [5, 5.41) is 21.2. The van der Waals surface area contributed by atoms with Crippen molar-refractivity contribution < 1.29 is 14.6 Å². The summed E-state index contributed by atoms with van der Waals surface area (Å²) in [7, 11) is 0. The van der Waals surface area contributed by atoms with E-state index in [0.717, 1.165) is 11.3 Å². The summed E-state index contributed by atoms with van der Waals surface area (Å²) in [6.07, 6.45) is 0.385. The molecule has 1 aliphatic rings. The zero-order chi connectivity index (χ0) is 15.0. The smallest absolute Gasteiger partial charge is 0.331 e. The van der Waals surface area contributed by atoms with E-state index in [2.05, 4.69) is 15.5 Å². The number of benzene rings is 1. The fourth-order valence-electron chi connectivity index (χ4n) is 2.53. The zero-order valence-corrected chi connectivity index (χ0v) is 11.9. The van der Waals surface area contributed by atoms with Crippen molar-refractivity contribution in [3.05, 3.63) is 35.7 Å². The topological polar surface area (TPSA) is 90.1 Å². The number of hydrogen-bond acceptors (Lipinski definition) is 5. The third-order valence-corrected chi connectivity index (χ3v) is 4.12. The Labute approximate surface area is 121 Å². The average Bonchev–Trinajstić information content (AvgIpc) is 3.12. The van der Waals surface area contributed by atoms with E-state index in [1.54, 1.807) is 13.8 Å². The van der Waals surface area contributed by atoms with Crippen molar-refractivity contribution >= 4 is 5.97 Å². The number of carboxylic acids is 1. The molecular formula is C14H16N4O3. The van der Waals surface area contributed by atoms with Crippen LogP contribution in [0.3, 0.4) is 0 Å². The second-order valence-electron chi connectivity index (χ2n) is 5.28. The number of aliphatic carboxylic acids is 1. The molecule has 2 aromatic rings. The number of carboxylic acid groups (broad SMARTS) is 1. The monoisotopic (exact) mass is 288 g/mol. The maximum absolute atomic E-state index is 11.6. The minimum absolute atomic E-state index is 0.151. The Kier molecular flexibility index (Phi) is 3.12. The quantitative estimate of drug-likeness (QED) is 0.914. The molecule has 0 bridgehead atoms. The van der Waals surface area contributed by atoms with Gasteiger partial charge in [-0.05, 0) is 29.8 Å². The van der Waals surface area contributed by atoms with Crippen LogP contribution in [0.15, 0.2) is 24.3 Å². The fraction of sp³-hybridized carbons (Fsp3) is 0.429. The molecule has 3 rings (SSSR count). The van der Waals surface area contributed by atoms with Gasteiger partial charge in [-0.1, -0.05) is 25.1 Å². The average molecular weight is 288 g/mol. The molecule has 1 N–H and O–H groups in total. The number of hydrogen-bond donors (Lipinski definition) is 1. The molecule has 0 spiro atoms. The van der Waals surface area contributed by atoms with Crippen molar-refractivity contribution in [2.75, 3.05) is 6.61 Å². The molecule has 7 heteroatoms. The fourth-order valence-corrected chi connectivity index (χ4v) is 2.53. The molecule has 110 valence electrons. The summed E-state index contributed by atoms with van der Waals surface area (Å²) >= 11 is 0. The van der Waals surface area contributed by atoms with E-state index in [-0.39, 0.29) is 5.92 Å². The minimum atomic E-state index is -1.17. The Hall–Kier alpha value is -2.44. The Balaban J connectivity index is 2.07. The SMILES string of the molecule is CCC(C)(C(=O)O)n1nnnc1C1COc2ccccc21. The van der Waals surface area contributed by atoms with E-state index in [1.165, 1.54) is 4.68 Å². The van der Waals surface area contributed by atoms with Gasteiger partial charge in [0.15, 0.2) is 11.4 Å². The summed E-state index contributed by atoms with van der Waals surface area (Å²) in [4.78, 5) is 11.6. The van der Waals surface area contributed by atoms with Gasteiger partial charge in [0.25, 0.3) is 0 Å². The number of aromatic nitrogens is 4. The van der Waals surface area contributed by atoms with Gasteiger partial charge >= 0.3 is 5.97 Å². The highest BCUT2D eigenvalue weighted by atomic mass is 16.5. The number of rotatable bonds is 4. The predicted molar refractivity (Wildman–Crippen MR) is 73.2 cm³/mol. The molecule has 2 atom stereocenters. The highest BCUT2D eigenvalue weighted by molar-refractivity contribution is 5.76. The van der Waals surface area contributed by atoms with E-state index < -0.39 is 11.5 Å². The first kappa shape index (κ1) is 13.5. The lowest BCUT2D eigenvalue weighted by atomic mass is 9.96. The number of fused-ring (bicyclic) bond motifs is 1. The largest absolute Gasteiger partial charge is 0.492 e. The van der Waals surface area contributed by atoms with Crippen molar-refractivity contribution in [2.45, 2.75) is 31.7 Å². The lowest BCUT2D eigenvalue weighted by Gasteiger charge is -2.25. The summed E-state index contributed by atoms with van der Waals surface area (Å²) in [6, 6.07) is 7.66. The van der Waals surface area contributed by atoms with Crippen molar-refractivity contribution in [2.24, 2.45) is 0 Å². The van der Waals surface area contributed by atoms with E-state index >= 15 is 0 Å². The first-order valence-corrected chi connectivity index (χ1v) is 6.81. The van der Waals surface area contributed by atoms with Crippen LogP contribution in [0.5, 0.6) is 5.75 Å². The van der Waals surface area contributed by atoms with Crippen LogP contribution in [0, 0.1) is 0 Å². The van der Waals surface area contributed by atoms with E-state index in [1.807, 2.05) is 24.3 Å². The zero-order valence-electron chi connectivity index (χ0n) is 11.9. The molecule has 1 aromatic heterocycles. The predicted octanol–water partition coefficient (Wildman–Crippen LogP) is 1.41. The van der Waals surface area contributed by atoms with Gasteiger partial charge in [0.1, 0.15) is 12.4 Å². The van der Waals surface area contributed by atoms with Gasteiger partial charge in [-0.25, -0.2) is 9.48 Å². The van der Waals surface area contributed by atoms with Crippen LogP contribution < -0.4 is 4.74 Å². The van der Waals surface area contributed by atoms with Crippen LogP contribution in [-0.4, -0.2) is 37.9 Å². The van der Waals surface area contributed by atoms with E-state index in [0.29, 0.717) is 18.9 Å². The van der Waals surface area contributed by atoms with Crippen LogP contribution in [0.2, 0.25) is 0 Å². The Morgan fingerprint density at radius 1 is 1.52 bits per heavy atom. The van der Waals surface area contributed by atoms with Gasteiger partial charge in [0.2, 0.25) is 0 Å². The number of nitrogens with zero attached hydrogens (tertiary/aromatic N) is 4. The van der Waals surface area contributed by atoms with Gasteiger partial charge in [0, 0.05) is 5.56 Å². The van der Waals surface area contributed by atoms with Gasteiger partial charge in [-0.15, -0.1) is 5.10 Å². The van der Waals surface area contributed by atoms with Crippen LogP contribution in [0.25, 0.3) is 0 Å². The molecule has 0 saturated carbocycles. The van der Waals surface area contributed by atoms with Gasteiger partial charge < -0.3 is 9.84 Å². The Bertz CT molecular complexity index is 684. The second kappa shape index (κ2) is 4.83. The summed E-state index contributed by atoms with van der Waals surface area (Å²) in [5.74, 6) is 0.212. The molecule has 2 heterocycles. The molecule has 0 saturated heterocycles. The van der Waals surface area contributed by atoms with Crippen LogP contribution in [0.4, 0.5) is 0 Å². The lowest BCUT2D eigenvalue weighted by molar-refractivity contribution is -0.147. The Morgan fingerprint density at radius 2 is 2.29 bits per heavy atom. The summed E-state index contributed by atoms with van der Waals surface area (Å²) < 4.78 is 7.05. The third-order valence-electron chi connectivity index (χ3n) is 4.12.